The smallest absolute Gasteiger partial charge is 0.0991 e. The number of hydrogen-bond acceptors (Lipinski definition) is 2. The first-order valence-corrected chi connectivity index (χ1v) is 20.9. The standard InChI is InChI=1S/C57H33NS/c58-34-35-19-27-54-50(29-35)51-31-43(24-28-55(51)59-54)42-23-26-49-53(33-42)57(47-18-8-14-38-11-4-6-16-45(38)47)48-25-22-41(40-21-20-36-9-1-2-12-39(36)30-40)32-52(48)56(49)46-17-7-13-37-10-3-5-15-44(37)46/h1-33H. The fourth-order valence-corrected chi connectivity index (χ4v) is 10.5. The average Bonchev–Trinajstić information content (AvgIpc) is 3.67. The third-order valence-electron chi connectivity index (χ3n) is 12.2. The molecule has 59 heavy (non-hydrogen) atoms. The Hall–Kier alpha value is -7.57. The van der Waals surface area contributed by atoms with Gasteiger partial charge in [-0.05, 0) is 147 Å². The molecular formula is C57H33NS. The number of nitrogens with zero attached hydrogens (tertiary/aromatic N) is 1. The first kappa shape index (κ1) is 33.6. The zero-order chi connectivity index (χ0) is 39.0. The van der Waals surface area contributed by atoms with Crippen LogP contribution < -0.4 is 0 Å². The monoisotopic (exact) mass is 763 g/mol. The van der Waals surface area contributed by atoms with E-state index in [4.69, 9.17) is 0 Å². The molecule has 1 nitrogen and oxygen atoms in total. The molecule has 2 heteroatoms. The zero-order valence-electron chi connectivity index (χ0n) is 31.9. The number of benzene rings is 11. The molecule has 272 valence electrons. The van der Waals surface area contributed by atoms with Gasteiger partial charge in [-0.2, -0.15) is 5.26 Å². The third-order valence-corrected chi connectivity index (χ3v) is 13.4. The van der Waals surface area contributed by atoms with E-state index >= 15 is 0 Å². The van der Waals surface area contributed by atoms with Gasteiger partial charge >= 0.3 is 0 Å². The van der Waals surface area contributed by atoms with E-state index in [1.54, 1.807) is 11.3 Å². The van der Waals surface area contributed by atoms with Gasteiger partial charge in [-0.15, -0.1) is 11.3 Å². The summed E-state index contributed by atoms with van der Waals surface area (Å²) in [6.45, 7) is 0. The summed E-state index contributed by atoms with van der Waals surface area (Å²) in [7, 11) is 0. The molecule has 0 aliphatic heterocycles. The van der Waals surface area contributed by atoms with Gasteiger partial charge in [0.25, 0.3) is 0 Å². The normalized spacial score (nSPS) is 11.7. The summed E-state index contributed by atoms with van der Waals surface area (Å²) in [5.74, 6) is 0. The summed E-state index contributed by atoms with van der Waals surface area (Å²) in [5.41, 5.74) is 10.3. The van der Waals surface area contributed by atoms with Crippen LogP contribution in [0.5, 0.6) is 0 Å². The summed E-state index contributed by atoms with van der Waals surface area (Å²) in [4.78, 5) is 0. The van der Waals surface area contributed by atoms with Gasteiger partial charge in [-0.25, -0.2) is 0 Å². The quantitative estimate of drug-likeness (QED) is 0.164. The third kappa shape index (κ3) is 5.37. The lowest BCUT2D eigenvalue weighted by molar-refractivity contribution is 1.50. The SMILES string of the molecule is N#Cc1ccc2sc3ccc(-c4ccc5c(-c6cccc7ccccc67)c6cc(-c7ccc8ccccc8c7)ccc6c(-c6cccc7ccccc67)c5c4)cc3c2c1. The van der Waals surface area contributed by atoms with Gasteiger partial charge < -0.3 is 0 Å². The zero-order valence-corrected chi connectivity index (χ0v) is 32.7. The Morgan fingerprint density at radius 3 is 1.37 bits per heavy atom. The lowest BCUT2D eigenvalue weighted by atomic mass is 9.82. The van der Waals surface area contributed by atoms with Crippen LogP contribution in [0.1, 0.15) is 5.56 Å². The van der Waals surface area contributed by atoms with Crippen LogP contribution in [0.15, 0.2) is 200 Å². The number of rotatable bonds is 4. The van der Waals surface area contributed by atoms with Crippen LogP contribution in [0.2, 0.25) is 0 Å². The van der Waals surface area contributed by atoms with Crippen molar-refractivity contribution in [1.82, 2.24) is 0 Å². The van der Waals surface area contributed by atoms with Crippen molar-refractivity contribution in [3.63, 3.8) is 0 Å². The van der Waals surface area contributed by atoms with Crippen molar-refractivity contribution in [3.8, 4) is 50.6 Å². The van der Waals surface area contributed by atoms with Crippen molar-refractivity contribution < 1.29 is 0 Å². The first-order chi connectivity index (χ1) is 29.2. The van der Waals surface area contributed by atoms with Crippen LogP contribution in [0.3, 0.4) is 0 Å². The molecule has 12 rings (SSSR count). The molecule has 11 aromatic carbocycles. The predicted octanol–water partition coefficient (Wildman–Crippen LogP) is 16.4. The van der Waals surface area contributed by atoms with Gasteiger partial charge in [0.1, 0.15) is 0 Å². The molecule has 0 saturated heterocycles. The molecule has 0 spiro atoms. The molecule has 0 unspecified atom stereocenters. The highest BCUT2D eigenvalue weighted by Gasteiger charge is 2.21. The van der Waals surface area contributed by atoms with Crippen LogP contribution >= 0.6 is 11.3 Å². The number of thiophene rings is 1. The average molecular weight is 764 g/mol. The summed E-state index contributed by atoms with van der Waals surface area (Å²) in [6.07, 6.45) is 0. The highest BCUT2D eigenvalue weighted by atomic mass is 32.1. The van der Waals surface area contributed by atoms with E-state index in [1.807, 2.05) is 12.1 Å². The molecule has 12 aromatic rings. The largest absolute Gasteiger partial charge is 0.192 e. The topological polar surface area (TPSA) is 23.8 Å². The Morgan fingerprint density at radius 2 is 0.763 bits per heavy atom. The lowest BCUT2D eigenvalue weighted by Crippen LogP contribution is -1.94. The van der Waals surface area contributed by atoms with E-state index in [0.717, 1.165) is 16.5 Å². The molecule has 1 aromatic heterocycles. The van der Waals surface area contributed by atoms with E-state index in [0.29, 0.717) is 5.56 Å². The van der Waals surface area contributed by atoms with Crippen LogP contribution in [0, 0.1) is 11.3 Å². The highest BCUT2D eigenvalue weighted by Crippen LogP contribution is 2.49. The summed E-state index contributed by atoms with van der Waals surface area (Å²) >= 11 is 1.78. The minimum atomic E-state index is 0.685. The van der Waals surface area contributed by atoms with Gasteiger partial charge in [-0.1, -0.05) is 152 Å². The van der Waals surface area contributed by atoms with Gasteiger partial charge in [0.15, 0.2) is 0 Å². The Labute approximate surface area is 345 Å². The van der Waals surface area contributed by atoms with Gasteiger partial charge in [0.05, 0.1) is 11.6 Å². The second-order valence-electron chi connectivity index (χ2n) is 15.5. The maximum atomic E-state index is 9.73. The van der Waals surface area contributed by atoms with Crippen molar-refractivity contribution in [2.24, 2.45) is 0 Å². The number of fused-ring (bicyclic) bond motifs is 8. The van der Waals surface area contributed by atoms with Crippen molar-refractivity contribution in [2.45, 2.75) is 0 Å². The molecular weight excluding hydrogens is 731 g/mol. The van der Waals surface area contributed by atoms with Crippen LogP contribution in [-0.2, 0) is 0 Å². The highest BCUT2D eigenvalue weighted by molar-refractivity contribution is 7.25. The number of nitriles is 1. The maximum absolute atomic E-state index is 9.73. The van der Waals surface area contributed by atoms with Crippen LogP contribution in [0.25, 0.3) is 119 Å². The van der Waals surface area contributed by atoms with E-state index < -0.39 is 0 Å². The van der Waals surface area contributed by atoms with Gasteiger partial charge in [0, 0.05) is 20.2 Å². The second kappa shape index (κ2) is 13.3. The molecule has 0 saturated carbocycles. The lowest BCUT2D eigenvalue weighted by Gasteiger charge is -2.21. The molecule has 0 amide bonds. The van der Waals surface area contributed by atoms with E-state index in [9.17, 15) is 5.26 Å². The van der Waals surface area contributed by atoms with Crippen molar-refractivity contribution in [3.05, 3.63) is 206 Å². The number of hydrogen-bond donors (Lipinski definition) is 0. The van der Waals surface area contributed by atoms with Crippen LogP contribution in [-0.4, -0.2) is 0 Å². The maximum Gasteiger partial charge on any atom is 0.0991 e. The van der Waals surface area contributed by atoms with Crippen molar-refractivity contribution in [2.75, 3.05) is 0 Å². The minimum absolute atomic E-state index is 0.685. The molecule has 0 fully saturated rings. The molecule has 0 aliphatic rings. The summed E-state index contributed by atoms with van der Waals surface area (Å²) in [5, 5.41) is 24.3. The Morgan fingerprint density at radius 1 is 0.305 bits per heavy atom. The summed E-state index contributed by atoms with van der Waals surface area (Å²) in [6, 6.07) is 75.8. The molecule has 0 radical (unpaired) electrons. The van der Waals surface area contributed by atoms with Crippen molar-refractivity contribution in [1.29, 1.82) is 5.26 Å². The Balaban J connectivity index is 1.21. The van der Waals surface area contributed by atoms with Crippen LogP contribution in [0.4, 0.5) is 0 Å². The van der Waals surface area contributed by atoms with E-state index in [2.05, 4.69) is 194 Å². The molecule has 0 atom stereocenters. The molecule has 0 aliphatic carbocycles. The van der Waals surface area contributed by atoms with Gasteiger partial charge in [0.2, 0.25) is 0 Å². The Bertz CT molecular complexity index is 3740. The van der Waals surface area contributed by atoms with Crippen molar-refractivity contribution >= 4 is 85.4 Å². The second-order valence-corrected chi connectivity index (χ2v) is 16.6. The first-order valence-electron chi connectivity index (χ1n) is 20.0. The predicted molar refractivity (Wildman–Crippen MR) is 253 cm³/mol. The Kier molecular flexibility index (Phi) is 7.54. The molecule has 1 heterocycles. The molecule has 0 N–H and O–H groups in total. The van der Waals surface area contributed by atoms with E-state index in [-0.39, 0.29) is 0 Å². The fourth-order valence-electron chi connectivity index (χ4n) is 9.45. The molecule has 0 bridgehead atoms. The van der Waals surface area contributed by atoms with E-state index in [1.165, 1.54) is 102 Å². The van der Waals surface area contributed by atoms with Gasteiger partial charge in [-0.3, -0.25) is 0 Å². The summed E-state index contributed by atoms with van der Waals surface area (Å²) < 4.78 is 2.42. The fraction of sp³-hybridized carbons (Fsp3) is 0. The minimum Gasteiger partial charge on any atom is -0.192 e.